The second kappa shape index (κ2) is 2.13. The van der Waals surface area contributed by atoms with E-state index in [0.717, 1.165) is 6.42 Å². The maximum atomic E-state index is 9.09. The predicted octanol–water partition coefficient (Wildman–Crippen LogP) is 1.08. The zero-order chi connectivity index (χ0) is 6.85. The SMILES string of the molecule is CC1CC=CC([OH2+])=C1O. The molecule has 0 radical (unpaired) electrons. The molecule has 0 spiro atoms. The van der Waals surface area contributed by atoms with E-state index in [-0.39, 0.29) is 17.4 Å². The lowest BCUT2D eigenvalue weighted by atomic mass is 10.0. The molecule has 9 heavy (non-hydrogen) atoms. The van der Waals surface area contributed by atoms with Crippen molar-refractivity contribution in [2.24, 2.45) is 5.92 Å². The normalized spacial score (nSPS) is 27.0. The van der Waals surface area contributed by atoms with Gasteiger partial charge in [-0.25, -0.2) is 0 Å². The minimum absolute atomic E-state index is 0.141. The van der Waals surface area contributed by atoms with Crippen molar-refractivity contribution in [2.75, 3.05) is 0 Å². The van der Waals surface area contributed by atoms with Gasteiger partial charge < -0.3 is 10.2 Å². The van der Waals surface area contributed by atoms with Crippen molar-refractivity contribution in [2.45, 2.75) is 13.3 Å². The molecule has 0 amide bonds. The monoisotopic (exact) mass is 127 g/mol. The molecule has 1 aliphatic rings. The van der Waals surface area contributed by atoms with E-state index >= 15 is 0 Å². The molecule has 3 N–H and O–H groups in total. The third kappa shape index (κ3) is 1.07. The van der Waals surface area contributed by atoms with E-state index in [2.05, 4.69) is 0 Å². The Labute approximate surface area is 54.1 Å². The summed E-state index contributed by atoms with van der Waals surface area (Å²) in [6, 6.07) is 0. The van der Waals surface area contributed by atoms with Crippen molar-refractivity contribution in [1.29, 1.82) is 0 Å². The molecule has 0 aliphatic heterocycles. The summed E-state index contributed by atoms with van der Waals surface area (Å²) in [4.78, 5) is 0. The van der Waals surface area contributed by atoms with Crippen LogP contribution in [-0.2, 0) is 0 Å². The van der Waals surface area contributed by atoms with E-state index in [1.165, 1.54) is 0 Å². The summed E-state index contributed by atoms with van der Waals surface area (Å²) >= 11 is 0. The topological polar surface area (TPSA) is 43.1 Å². The van der Waals surface area contributed by atoms with E-state index in [4.69, 9.17) is 10.2 Å². The molecule has 50 valence electrons. The van der Waals surface area contributed by atoms with Crippen molar-refractivity contribution < 1.29 is 10.2 Å². The maximum absolute atomic E-state index is 9.09. The van der Waals surface area contributed by atoms with Crippen LogP contribution in [0.4, 0.5) is 0 Å². The van der Waals surface area contributed by atoms with Crippen LogP contribution < -0.4 is 0 Å². The fourth-order valence-electron chi connectivity index (χ4n) is 0.852. The summed E-state index contributed by atoms with van der Waals surface area (Å²) in [5, 5.41) is 16.2. The van der Waals surface area contributed by atoms with E-state index in [9.17, 15) is 0 Å². The Balaban J connectivity index is 2.83. The summed E-state index contributed by atoms with van der Waals surface area (Å²) < 4.78 is 0. The Kier molecular flexibility index (Phi) is 1.47. The van der Waals surface area contributed by atoms with Gasteiger partial charge in [-0.3, -0.25) is 0 Å². The van der Waals surface area contributed by atoms with E-state index in [0.29, 0.717) is 0 Å². The van der Waals surface area contributed by atoms with Crippen molar-refractivity contribution in [3.8, 4) is 0 Å². The van der Waals surface area contributed by atoms with Crippen LogP contribution in [0.25, 0.3) is 0 Å². The molecule has 0 heterocycles. The quantitative estimate of drug-likeness (QED) is 0.486. The standard InChI is InChI=1S/C7H10O2/c1-5-3-2-4-6(8)7(5)9/h2,4-5,8-9H,3H2,1H3/p+1. The summed E-state index contributed by atoms with van der Waals surface area (Å²) in [5.41, 5.74) is 0. The average molecular weight is 127 g/mol. The Morgan fingerprint density at radius 3 is 2.89 bits per heavy atom. The molecule has 1 aliphatic carbocycles. The number of rotatable bonds is 0. The minimum atomic E-state index is 0.141. The molecule has 1 atom stereocenters. The molecule has 0 bridgehead atoms. The first-order chi connectivity index (χ1) is 4.22. The fourth-order valence-corrected chi connectivity index (χ4v) is 0.852. The Morgan fingerprint density at radius 2 is 2.44 bits per heavy atom. The van der Waals surface area contributed by atoms with Crippen LogP contribution in [0.2, 0.25) is 0 Å². The third-order valence-electron chi connectivity index (χ3n) is 1.52. The van der Waals surface area contributed by atoms with Gasteiger partial charge in [-0.2, -0.15) is 0 Å². The number of hydrogen-bond acceptors (Lipinski definition) is 1. The average Bonchev–Trinajstić information content (AvgIpc) is 1.83. The van der Waals surface area contributed by atoms with Gasteiger partial charge in [-0.1, -0.05) is 13.0 Å². The Bertz CT molecular complexity index is 168. The van der Waals surface area contributed by atoms with Gasteiger partial charge in [0.1, 0.15) is 0 Å². The molecular weight excluding hydrogens is 116 g/mol. The maximum Gasteiger partial charge on any atom is 0.292 e. The highest BCUT2D eigenvalue weighted by Crippen LogP contribution is 2.20. The van der Waals surface area contributed by atoms with Gasteiger partial charge in [0.25, 0.3) is 5.76 Å². The largest absolute Gasteiger partial charge is 0.591 e. The smallest absolute Gasteiger partial charge is 0.292 e. The molecule has 0 saturated carbocycles. The molecule has 0 aromatic rings. The van der Waals surface area contributed by atoms with Crippen LogP contribution in [0.5, 0.6) is 0 Å². The second-order valence-electron chi connectivity index (χ2n) is 2.34. The summed E-state index contributed by atoms with van der Waals surface area (Å²) in [6.07, 6.45) is 4.40. The minimum Gasteiger partial charge on any atom is -0.591 e. The van der Waals surface area contributed by atoms with Crippen LogP contribution in [-0.4, -0.2) is 10.2 Å². The van der Waals surface area contributed by atoms with Crippen LogP contribution in [0.3, 0.4) is 0 Å². The third-order valence-corrected chi connectivity index (χ3v) is 1.52. The molecule has 1 unspecified atom stereocenters. The van der Waals surface area contributed by atoms with Gasteiger partial charge in [0, 0.05) is 12.0 Å². The van der Waals surface area contributed by atoms with E-state index < -0.39 is 0 Å². The fraction of sp³-hybridized carbons (Fsp3) is 0.429. The molecule has 0 fully saturated rings. The molecule has 1 rings (SSSR count). The van der Waals surface area contributed by atoms with Gasteiger partial charge >= 0.3 is 0 Å². The first kappa shape index (κ1) is 6.20. The first-order valence-corrected chi connectivity index (χ1v) is 3.03. The van der Waals surface area contributed by atoms with Gasteiger partial charge in [0.05, 0.1) is 0 Å². The molecule has 0 aromatic heterocycles. The number of aliphatic hydroxyl groups excluding tert-OH is 1. The highest BCUT2D eigenvalue weighted by atomic mass is 16.3. The van der Waals surface area contributed by atoms with Crippen LogP contribution in [0, 0.1) is 5.92 Å². The van der Waals surface area contributed by atoms with Crippen molar-refractivity contribution >= 4 is 0 Å². The Hall–Kier alpha value is -0.920. The summed E-state index contributed by atoms with van der Waals surface area (Å²) in [7, 11) is 0. The lowest BCUT2D eigenvalue weighted by Crippen LogP contribution is -2.04. The molecule has 2 heteroatoms. The van der Waals surface area contributed by atoms with Gasteiger partial charge in [-0.15, -0.1) is 0 Å². The van der Waals surface area contributed by atoms with Gasteiger partial charge in [-0.05, 0) is 6.42 Å². The zero-order valence-electron chi connectivity index (χ0n) is 5.39. The van der Waals surface area contributed by atoms with Crippen LogP contribution >= 0.6 is 0 Å². The van der Waals surface area contributed by atoms with Crippen LogP contribution in [0.15, 0.2) is 23.7 Å². The highest BCUT2D eigenvalue weighted by Gasteiger charge is 2.16. The van der Waals surface area contributed by atoms with E-state index in [1.54, 1.807) is 6.08 Å². The number of allylic oxidation sites excluding steroid dienone is 3. The number of aliphatic hydroxyl groups is 1. The summed E-state index contributed by atoms with van der Waals surface area (Å²) in [5.74, 6) is 0.619. The molecule has 2 nitrogen and oxygen atoms in total. The van der Waals surface area contributed by atoms with Gasteiger partial charge in [0.15, 0.2) is 5.76 Å². The molecule has 0 aromatic carbocycles. The number of hydrogen-bond donors (Lipinski definition) is 1. The zero-order valence-corrected chi connectivity index (χ0v) is 5.39. The van der Waals surface area contributed by atoms with Crippen molar-refractivity contribution in [3.05, 3.63) is 23.7 Å². The lowest BCUT2D eigenvalue weighted by molar-refractivity contribution is 0.284. The summed E-state index contributed by atoms with van der Waals surface area (Å²) in [6.45, 7) is 1.91. The highest BCUT2D eigenvalue weighted by molar-refractivity contribution is 5.20. The van der Waals surface area contributed by atoms with Gasteiger partial charge in [0.2, 0.25) is 0 Å². The lowest BCUT2D eigenvalue weighted by Gasteiger charge is -2.09. The first-order valence-electron chi connectivity index (χ1n) is 3.03. The Morgan fingerprint density at radius 1 is 1.78 bits per heavy atom. The van der Waals surface area contributed by atoms with Crippen molar-refractivity contribution in [3.63, 3.8) is 0 Å². The molecule has 0 saturated heterocycles. The molecular formula is C7H11O2+. The van der Waals surface area contributed by atoms with Crippen LogP contribution in [0.1, 0.15) is 13.3 Å². The second-order valence-corrected chi connectivity index (χ2v) is 2.34. The van der Waals surface area contributed by atoms with Crippen molar-refractivity contribution in [1.82, 2.24) is 0 Å². The predicted molar refractivity (Wildman–Crippen MR) is 36.2 cm³/mol. The van der Waals surface area contributed by atoms with E-state index in [1.807, 2.05) is 13.0 Å².